The molecule has 3 rings (SSSR count). The Kier molecular flexibility index (Phi) is 10.0. The molecule has 1 aromatic heterocycles. The lowest BCUT2D eigenvalue weighted by molar-refractivity contribution is 0.00928. The monoisotopic (exact) mass is 557 g/mol. The highest BCUT2D eigenvalue weighted by atomic mass is 127. The molecule has 1 aliphatic carbocycles. The van der Waals surface area contributed by atoms with Crippen LogP contribution in [0.2, 0.25) is 0 Å². The first kappa shape index (κ1) is 26.7. The number of halogens is 1. The average Bonchev–Trinajstić information content (AvgIpc) is 3.53. The van der Waals surface area contributed by atoms with Gasteiger partial charge in [-0.1, -0.05) is 6.07 Å². The molecule has 7 nitrogen and oxygen atoms in total. The largest absolute Gasteiger partial charge is 0.444 e. The number of aliphatic imine (C=N–C) groups is 1. The zero-order valence-corrected chi connectivity index (χ0v) is 22.6. The van der Waals surface area contributed by atoms with Crippen LogP contribution < -0.4 is 5.32 Å². The van der Waals surface area contributed by atoms with Gasteiger partial charge in [-0.05, 0) is 77.8 Å². The molecule has 8 heteroatoms. The summed E-state index contributed by atoms with van der Waals surface area (Å²) >= 11 is 0. The first-order valence-electron chi connectivity index (χ1n) is 11.7. The summed E-state index contributed by atoms with van der Waals surface area (Å²) in [5, 5.41) is 3.43. The first-order chi connectivity index (χ1) is 14.8. The molecule has 32 heavy (non-hydrogen) atoms. The highest BCUT2D eigenvalue weighted by Crippen LogP contribution is 2.32. The van der Waals surface area contributed by atoms with Gasteiger partial charge in [-0.15, -0.1) is 24.0 Å². The number of aryl methyl sites for hydroxylation is 1. The van der Waals surface area contributed by atoms with E-state index in [1.54, 1.807) is 0 Å². The van der Waals surface area contributed by atoms with Gasteiger partial charge in [0, 0.05) is 38.4 Å². The molecule has 1 saturated carbocycles. The zero-order valence-electron chi connectivity index (χ0n) is 20.3. The van der Waals surface area contributed by atoms with Gasteiger partial charge in [-0.25, -0.2) is 9.79 Å². The normalized spacial score (nSPS) is 17.5. The lowest BCUT2D eigenvalue weighted by atomic mass is 10.0. The van der Waals surface area contributed by atoms with E-state index in [4.69, 9.17) is 9.73 Å². The van der Waals surface area contributed by atoms with Crippen LogP contribution in [0.15, 0.2) is 23.3 Å². The molecule has 0 radical (unpaired) electrons. The SMILES string of the molecule is CCNC(=NCc1ncccc1C)N1CCC(N(CC2CC2)C(=O)OC(C)(C)C)CC1.I. The standard InChI is InChI=1S/C24H39N5O2.HI/c1-6-25-22(27-16-21-18(2)8-7-13-26-21)28-14-11-20(12-15-28)29(17-19-9-10-19)23(30)31-24(3,4)5;/h7-8,13,19-20H,6,9-12,14-17H2,1-5H3,(H,25,27);1H. The molecule has 1 N–H and O–H groups in total. The average molecular weight is 558 g/mol. The third-order valence-electron chi connectivity index (χ3n) is 5.82. The highest BCUT2D eigenvalue weighted by Gasteiger charge is 2.35. The fourth-order valence-corrected chi connectivity index (χ4v) is 3.92. The second kappa shape index (κ2) is 12.0. The van der Waals surface area contributed by atoms with Crippen LogP contribution in [0, 0.1) is 12.8 Å². The number of likely N-dealkylation sites (tertiary alicyclic amines) is 1. The van der Waals surface area contributed by atoms with Crippen molar-refractivity contribution in [2.45, 2.75) is 78.5 Å². The third kappa shape index (κ3) is 8.08. The molecule has 2 fully saturated rings. The van der Waals surface area contributed by atoms with E-state index < -0.39 is 5.60 Å². The van der Waals surface area contributed by atoms with Crippen molar-refractivity contribution in [1.29, 1.82) is 0 Å². The van der Waals surface area contributed by atoms with E-state index in [0.29, 0.717) is 12.5 Å². The van der Waals surface area contributed by atoms with Crippen LogP contribution in [0.4, 0.5) is 4.79 Å². The maximum absolute atomic E-state index is 12.9. The molecular formula is C24H40IN5O2. The van der Waals surface area contributed by atoms with E-state index in [2.05, 4.69) is 35.1 Å². The van der Waals surface area contributed by atoms with Crippen LogP contribution in [-0.4, -0.2) is 64.7 Å². The predicted octanol–water partition coefficient (Wildman–Crippen LogP) is 4.59. The minimum absolute atomic E-state index is 0. The van der Waals surface area contributed by atoms with E-state index in [-0.39, 0.29) is 36.1 Å². The van der Waals surface area contributed by atoms with Gasteiger partial charge in [0.2, 0.25) is 0 Å². The summed E-state index contributed by atoms with van der Waals surface area (Å²) in [6.07, 6.45) is 5.97. The Balaban J connectivity index is 0.00000363. The van der Waals surface area contributed by atoms with E-state index >= 15 is 0 Å². The van der Waals surface area contributed by atoms with Gasteiger partial charge in [0.15, 0.2) is 5.96 Å². The molecular weight excluding hydrogens is 517 g/mol. The van der Waals surface area contributed by atoms with Gasteiger partial charge in [0.05, 0.1) is 12.2 Å². The number of hydrogen-bond donors (Lipinski definition) is 1. The maximum atomic E-state index is 12.9. The fourth-order valence-electron chi connectivity index (χ4n) is 3.92. The van der Waals surface area contributed by atoms with Crippen molar-refractivity contribution in [2.75, 3.05) is 26.2 Å². The summed E-state index contributed by atoms with van der Waals surface area (Å²) < 4.78 is 5.72. The molecule has 0 unspecified atom stereocenters. The fraction of sp³-hybridized carbons (Fsp3) is 0.708. The Morgan fingerprint density at radius 3 is 2.53 bits per heavy atom. The summed E-state index contributed by atoms with van der Waals surface area (Å²) in [6.45, 7) is 13.9. The van der Waals surface area contributed by atoms with Crippen molar-refractivity contribution in [1.82, 2.24) is 20.1 Å². The quantitative estimate of drug-likeness (QED) is 0.315. The number of aromatic nitrogens is 1. The van der Waals surface area contributed by atoms with Gasteiger partial charge in [-0.2, -0.15) is 0 Å². The second-order valence-corrected chi connectivity index (χ2v) is 9.73. The number of carbonyl (C=O) groups is 1. The Hall–Kier alpha value is -1.58. The number of nitrogens with zero attached hydrogens (tertiary/aromatic N) is 4. The van der Waals surface area contributed by atoms with E-state index in [1.165, 1.54) is 12.8 Å². The molecule has 1 amide bonds. The van der Waals surface area contributed by atoms with Crippen molar-refractivity contribution in [3.05, 3.63) is 29.6 Å². The van der Waals surface area contributed by atoms with Crippen LogP contribution in [0.3, 0.4) is 0 Å². The molecule has 2 heterocycles. The van der Waals surface area contributed by atoms with Crippen LogP contribution in [-0.2, 0) is 11.3 Å². The van der Waals surface area contributed by atoms with Crippen molar-refractivity contribution in [3.8, 4) is 0 Å². The smallest absolute Gasteiger partial charge is 0.410 e. The lowest BCUT2D eigenvalue weighted by Gasteiger charge is -2.40. The Labute approximate surface area is 210 Å². The number of ether oxygens (including phenoxy) is 1. The molecule has 1 aliphatic heterocycles. The summed E-state index contributed by atoms with van der Waals surface area (Å²) in [6, 6.07) is 4.26. The van der Waals surface area contributed by atoms with Crippen LogP contribution >= 0.6 is 24.0 Å². The molecule has 2 aliphatic rings. The van der Waals surface area contributed by atoms with Crippen LogP contribution in [0.5, 0.6) is 0 Å². The first-order valence-corrected chi connectivity index (χ1v) is 11.7. The maximum Gasteiger partial charge on any atom is 0.410 e. The van der Waals surface area contributed by atoms with Gasteiger partial charge in [0.25, 0.3) is 0 Å². The van der Waals surface area contributed by atoms with Gasteiger partial charge >= 0.3 is 6.09 Å². The van der Waals surface area contributed by atoms with E-state index in [1.807, 2.05) is 37.9 Å². The number of hydrogen-bond acceptors (Lipinski definition) is 4. The number of guanidine groups is 1. The van der Waals surface area contributed by atoms with Crippen molar-refractivity contribution in [2.24, 2.45) is 10.9 Å². The Morgan fingerprint density at radius 1 is 1.28 bits per heavy atom. The predicted molar refractivity (Wildman–Crippen MR) is 139 cm³/mol. The molecule has 0 bridgehead atoms. The summed E-state index contributed by atoms with van der Waals surface area (Å²) in [5.41, 5.74) is 1.70. The number of pyridine rings is 1. The molecule has 1 aromatic rings. The van der Waals surface area contributed by atoms with Crippen molar-refractivity contribution in [3.63, 3.8) is 0 Å². The molecule has 1 saturated heterocycles. The van der Waals surface area contributed by atoms with E-state index in [9.17, 15) is 4.79 Å². The van der Waals surface area contributed by atoms with Gasteiger partial charge in [0.1, 0.15) is 5.60 Å². The number of carbonyl (C=O) groups excluding carboxylic acids is 1. The summed E-state index contributed by atoms with van der Waals surface area (Å²) in [7, 11) is 0. The molecule has 0 atom stereocenters. The molecule has 0 aromatic carbocycles. The van der Waals surface area contributed by atoms with Crippen LogP contribution in [0.1, 0.15) is 64.6 Å². The minimum atomic E-state index is -0.464. The zero-order chi connectivity index (χ0) is 22.4. The van der Waals surface area contributed by atoms with Gasteiger partial charge < -0.3 is 19.9 Å². The Morgan fingerprint density at radius 2 is 1.97 bits per heavy atom. The minimum Gasteiger partial charge on any atom is -0.444 e. The topological polar surface area (TPSA) is 70.1 Å². The van der Waals surface area contributed by atoms with Gasteiger partial charge in [-0.3, -0.25) is 4.98 Å². The van der Waals surface area contributed by atoms with Crippen molar-refractivity contribution < 1.29 is 9.53 Å². The summed E-state index contributed by atoms with van der Waals surface area (Å²) in [4.78, 5) is 26.5. The number of piperidine rings is 1. The lowest BCUT2D eigenvalue weighted by Crippen LogP contribution is -2.52. The number of nitrogens with one attached hydrogen (secondary N) is 1. The number of rotatable bonds is 6. The summed E-state index contributed by atoms with van der Waals surface area (Å²) in [5.74, 6) is 1.57. The third-order valence-corrected chi connectivity index (χ3v) is 5.82. The van der Waals surface area contributed by atoms with Crippen LogP contribution in [0.25, 0.3) is 0 Å². The second-order valence-electron chi connectivity index (χ2n) is 9.73. The molecule has 0 spiro atoms. The van der Waals surface area contributed by atoms with Crippen molar-refractivity contribution >= 4 is 36.0 Å². The number of amides is 1. The Bertz CT molecular complexity index is 768. The highest BCUT2D eigenvalue weighted by molar-refractivity contribution is 14.0. The molecule has 180 valence electrons. The van der Waals surface area contributed by atoms with E-state index in [0.717, 1.165) is 56.2 Å².